The molecule has 0 radical (unpaired) electrons. The van der Waals surface area contributed by atoms with Crippen LogP contribution in [0.3, 0.4) is 0 Å². The van der Waals surface area contributed by atoms with Gasteiger partial charge in [0.2, 0.25) is 0 Å². The molecular formula is C24H19BrN4O. The second-order valence-corrected chi connectivity index (χ2v) is 7.61. The van der Waals surface area contributed by atoms with E-state index in [2.05, 4.69) is 36.5 Å². The monoisotopic (exact) mass is 458 g/mol. The summed E-state index contributed by atoms with van der Waals surface area (Å²) in [7, 11) is 0. The van der Waals surface area contributed by atoms with E-state index in [-0.39, 0.29) is 5.91 Å². The lowest BCUT2D eigenvalue weighted by Gasteiger charge is -2.09. The maximum Gasteiger partial charge on any atom is 0.255 e. The van der Waals surface area contributed by atoms with Crippen molar-refractivity contribution >= 4 is 39.0 Å². The summed E-state index contributed by atoms with van der Waals surface area (Å²) in [5.41, 5.74) is 4.19. The van der Waals surface area contributed by atoms with Crippen molar-refractivity contribution in [2.24, 2.45) is 0 Å². The maximum atomic E-state index is 12.5. The third kappa shape index (κ3) is 4.72. The summed E-state index contributed by atoms with van der Waals surface area (Å²) in [6, 6.07) is 24.6. The minimum atomic E-state index is -0.156. The topological polar surface area (TPSA) is 66.9 Å². The van der Waals surface area contributed by atoms with Crippen molar-refractivity contribution in [1.29, 1.82) is 0 Å². The van der Waals surface area contributed by atoms with Crippen LogP contribution in [0.15, 0.2) is 89.5 Å². The van der Waals surface area contributed by atoms with Gasteiger partial charge in [0.15, 0.2) is 5.82 Å². The summed E-state index contributed by atoms with van der Waals surface area (Å²) < 4.78 is 1.01. The Balaban J connectivity index is 1.45. The number of aryl methyl sites for hydroxylation is 1. The highest BCUT2D eigenvalue weighted by atomic mass is 79.9. The van der Waals surface area contributed by atoms with Gasteiger partial charge >= 0.3 is 0 Å². The molecule has 0 aliphatic heterocycles. The van der Waals surface area contributed by atoms with Gasteiger partial charge in [0.1, 0.15) is 5.82 Å². The van der Waals surface area contributed by atoms with Gasteiger partial charge in [-0.1, -0.05) is 46.3 Å². The first-order valence-electron chi connectivity index (χ1n) is 9.41. The highest BCUT2D eigenvalue weighted by Gasteiger charge is 2.08. The molecule has 0 saturated carbocycles. The third-order valence-corrected chi connectivity index (χ3v) is 5.41. The van der Waals surface area contributed by atoms with Crippen molar-refractivity contribution in [1.82, 2.24) is 9.97 Å². The van der Waals surface area contributed by atoms with E-state index in [4.69, 9.17) is 0 Å². The summed E-state index contributed by atoms with van der Waals surface area (Å²) in [6.45, 7) is 1.98. The molecule has 0 spiro atoms. The van der Waals surface area contributed by atoms with Crippen LogP contribution in [0.1, 0.15) is 15.9 Å². The normalized spacial score (nSPS) is 10.5. The Bertz CT molecular complexity index is 1180. The zero-order valence-electron chi connectivity index (χ0n) is 16.3. The van der Waals surface area contributed by atoms with Crippen LogP contribution in [0.25, 0.3) is 11.4 Å². The van der Waals surface area contributed by atoms with Crippen molar-refractivity contribution in [2.45, 2.75) is 6.92 Å². The number of carbonyl (C=O) groups is 1. The molecule has 0 bridgehead atoms. The molecule has 1 amide bonds. The zero-order chi connectivity index (χ0) is 20.9. The third-order valence-electron chi connectivity index (χ3n) is 4.52. The molecule has 6 heteroatoms. The molecule has 4 aromatic rings. The van der Waals surface area contributed by atoms with Gasteiger partial charge in [0.05, 0.1) is 0 Å². The lowest BCUT2D eigenvalue weighted by atomic mass is 10.1. The van der Waals surface area contributed by atoms with Gasteiger partial charge in [-0.3, -0.25) is 4.79 Å². The van der Waals surface area contributed by atoms with Gasteiger partial charge in [0.25, 0.3) is 5.91 Å². The van der Waals surface area contributed by atoms with Crippen LogP contribution in [0.2, 0.25) is 0 Å². The molecule has 4 rings (SSSR count). The molecule has 1 aromatic heterocycles. The van der Waals surface area contributed by atoms with Crippen molar-refractivity contribution < 1.29 is 4.79 Å². The first kappa shape index (κ1) is 19.8. The van der Waals surface area contributed by atoms with Gasteiger partial charge in [-0.25, -0.2) is 9.97 Å². The van der Waals surface area contributed by atoms with Crippen molar-refractivity contribution in [3.63, 3.8) is 0 Å². The average Bonchev–Trinajstić information content (AvgIpc) is 2.77. The average molecular weight is 459 g/mol. The maximum absolute atomic E-state index is 12.5. The molecule has 0 saturated heterocycles. The Morgan fingerprint density at radius 1 is 0.900 bits per heavy atom. The van der Waals surface area contributed by atoms with Crippen molar-refractivity contribution in [3.05, 3.63) is 101 Å². The number of halogens is 1. The first-order chi connectivity index (χ1) is 14.6. The van der Waals surface area contributed by atoms with Gasteiger partial charge in [-0.2, -0.15) is 0 Å². The first-order valence-corrected chi connectivity index (χ1v) is 10.2. The number of hydrogen-bond acceptors (Lipinski definition) is 4. The van der Waals surface area contributed by atoms with Crippen LogP contribution < -0.4 is 10.6 Å². The summed E-state index contributed by atoms with van der Waals surface area (Å²) in [5.74, 6) is 1.18. The number of carbonyl (C=O) groups excluding carboxylic acids is 1. The number of rotatable bonds is 5. The lowest BCUT2D eigenvalue weighted by molar-refractivity contribution is 0.102. The highest BCUT2D eigenvalue weighted by Crippen LogP contribution is 2.22. The predicted octanol–water partition coefficient (Wildman–Crippen LogP) is 6.21. The minimum absolute atomic E-state index is 0.156. The van der Waals surface area contributed by atoms with Gasteiger partial charge in [0, 0.05) is 33.2 Å². The Hall–Kier alpha value is -3.51. The van der Waals surface area contributed by atoms with Crippen LogP contribution in [-0.4, -0.2) is 15.9 Å². The Kier molecular flexibility index (Phi) is 5.86. The van der Waals surface area contributed by atoms with E-state index < -0.39 is 0 Å². The van der Waals surface area contributed by atoms with Crippen LogP contribution in [-0.2, 0) is 0 Å². The Morgan fingerprint density at radius 2 is 1.63 bits per heavy atom. The number of anilines is 3. The van der Waals surface area contributed by atoms with E-state index in [0.29, 0.717) is 17.2 Å². The molecule has 0 fully saturated rings. The molecule has 5 nitrogen and oxygen atoms in total. The molecule has 0 atom stereocenters. The predicted molar refractivity (Wildman–Crippen MR) is 124 cm³/mol. The largest absolute Gasteiger partial charge is 0.340 e. The minimum Gasteiger partial charge on any atom is -0.340 e. The van der Waals surface area contributed by atoms with Crippen LogP contribution in [0, 0.1) is 6.92 Å². The molecule has 0 aliphatic carbocycles. The smallest absolute Gasteiger partial charge is 0.255 e. The fourth-order valence-electron chi connectivity index (χ4n) is 2.93. The highest BCUT2D eigenvalue weighted by molar-refractivity contribution is 9.10. The molecule has 30 heavy (non-hydrogen) atoms. The zero-order valence-corrected chi connectivity index (χ0v) is 17.8. The number of aromatic nitrogens is 2. The number of nitrogens with one attached hydrogen (secondary N) is 2. The Labute approximate surface area is 183 Å². The van der Waals surface area contributed by atoms with Gasteiger partial charge < -0.3 is 10.6 Å². The Morgan fingerprint density at radius 3 is 2.37 bits per heavy atom. The van der Waals surface area contributed by atoms with Crippen molar-refractivity contribution in [2.75, 3.05) is 10.6 Å². The molecular weight excluding hydrogens is 440 g/mol. The fraction of sp³-hybridized carbons (Fsp3) is 0.0417. The summed E-state index contributed by atoms with van der Waals surface area (Å²) in [4.78, 5) is 21.4. The van der Waals surface area contributed by atoms with Gasteiger partial charge in [-0.05, 0) is 61.0 Å². The molecule has 148 valence electrons. The van der Waals surface area contributed by atoms with Crippen molar-refractivity contribution in [3.8, 4) is 11.4 Å². The molecule has 2 N–H and O–H groups in total. The summed E-state index contributed by atoms with van der Waals surface area (Å²) >= 11 is 3.46. The van der Waals surface area contributed by atoms with Crippen LogP contribution in [0.5, 0.6) is 0 Å². The standard InChI is InChI=1S/C24H19BrN4O/c1-16-15-20(11-12-21(16)25)28-24(30)18-7-9-19(10-8-18)27-22-13-14-26-23(29-22)17-5-3-2-4-6-17/h2-15H,1H3,(H,28,30)(H,26,27,29). The van der Waals surface area contributed by atoms with Gasteiger partial charge in [-0.15, -0.1) is 0 Å². The quantitative estimate of drug-likeness (QED) is 0.372. The van der Waals surface area contributed by atoms with E-state index in [0.717, 1.165) is 27.0 Å². The van der Waals surface area contributed by atoms with E-state index in [1.54, 1.807) is 18.3 Å². The lowest BCUT2D eigenvalue weighted by Crippen LogP contribution is -2.11. The molecule has 1 heterocycles. The second kappa shape index (κ2) is 8.88. The summed E-state index contributed by atoms with van der Waals surface area (Å²) in [5, 5.41) is 6.18. The van der Waals surface area contributed by atoms with E-state index in [1.165, 1.54) is 0 Å². The molecule has 0 aliphatic rings. The second-order valence-electron chi connectivity index (χ2n) is 6.75. The number of amides is 1. The number of hydrogen-bond donors (Lipinski definition) is 2. The van der Waals surface area contributed by atoms with E-state index in [1.807, 2.05) is 73.7 Å². The van der Waals surface area contributed by atoms with Crippen LogP contribution >= 0.6 is 15.9 Å². The fourth-order valence-corrected chi connectivity index (χ4v) is 3.18. The van der Waals surface area contributed by atoms with E-state index in [9.17, 15) is 4.79 Å². The van der Waals surface area contributed by atoms with E-state index >= 15 is 0 Å². The number of benzene rings is 3. The molecule has 3 aromatic carbocycles. The SMILES string of the molecule is Cc1cc(NC(=O)c2ccc(Nc3ccnc(-c4ccccc4)n3)cc2)ccc1Br. The summed E-state index contributed by atoms with van der Waals surface area (Å²) in [6.07, 6.45) is 1.72. The number of nitrogens with zero attached hydrogens (tertiary/aromatic N) is 2. The molecule has 0 unspecified atom stereocenters. The van der Waals surface area contributed by atoms with Crippen LogP contribution in [0.4, 0.5) is 17.2 Å².